The summed E-state index contributed by atoms with van der Waals surface area (Å²) in [6, 6.07) is 5.22. The van der Waals surface area contributed by atoms with E-state index in [1.54, 1.807) is 19.2 Å². The van der Waals surface area contributed by atoms with Gasteiger partial charge >= 0.3 is 23.9 Å². The first kappa shape index (κ1) is 37.8. The monoisotopic (exact) mass is 687 g/mol. The highest BCUT2D eigenvalue weighted by atomic mass is 19.4. The lowest BCUT2D eigenvalue weighted by molar-refractivity contribution is -0.396. The van der Waals surface area contributed by atoms with Crippen molar-refractivity contribution in [1.82, 2.24) is 4.90 Å². The number of alkyl halides is 9. The molecule has 4 rings (SSSR count). The predicted molar refractivity (Wildman–Crippen MR) is 159 cm³/mol. The molecule has 2 fully saturated rings. The predicted octanol–water partition coefficient (Wildman–Crippen LogP) is 9.01. The first-order valence-electron chi connectivity index (χ1n) is 16.4. The van der Waals surface area contributed by atoms with Gasteiger partial charge in [0.1, 0.15) is 5.75 Å². The molecule has 2 saturated carbocycles. The first-order chi connectivity index (χ1) is 21.7. The van der Waals surface area contributed by atoms with Crippen LogP contribution in [-0.4, -0.2) is 70.4 Å². The molecule has 268 valence electrons. The minimum absolute atomic E-state index is 0.0477. The van der Waals surface area contributed by atoms with Crippen LogP contribution in [0.2, 0.25) is 0 Å². The number of phenols is 1. The third kappa shape index (κ3) is 7.04. The van der Waals surface area contributed by atoms with Gasteiger partial charge in [-0.25, -0.2) is 0 Å². The highest BCUT2D eigenvalue weighted by Gasteiger charge is 2.81. The van der Waals surface area contributed by atoms with E-state index in [9.17, 15) is 54.8 Å². The zero-order valence-corrected chi connectivity index (χ0v) is 26.8. The zero-order valence-electron chi connectivity index (χ0n) is 26.8. The molecule has 0 amide bonds. The van der Waals surface area contributed by atoms with E-state index in [1.165, 1.54) is 0 Å². The number of aromatic hydroxyl groups is 1. The van der Waals surface area contributed by atoms with Crippen molar-refractivity contribution in [2.75, 3.05) is 20.1 Å². The molecule has 0 bridgehead atoms. The van der Waals surface area contributed by atoms with E-state index < -0.39 is 49.0 Å². The van der Waals surface area contributed by atoms with Crippen LogP contribution < -0.4 is 0 Å². The Labute approximate surface area is 270 Å². The fourth-order valence-corrected chi connectivity index (χ4v) is 8.55. The molecule has 3 N–H and O–H groups in total. The summed E-state index contributed by atoms with van der Waals surface area (Å²) in [5.74, 6) is -18.4. The van der Waals surface area contributed by atoms with Gasteiger partial charge in [0.05, 0.1) is 12.2 Å². The van der Waals surface area contributed by atoms with Gasteiger partial charge in [0.25, 0.3) is 0 Å². The number of hydrogen-bond acceptors (Lipinski definition) is 4. The van der Waals surface area contributed by atoms with Crippen molar-refractivity contribution in [3.63, 3.8) is 0 Å². The number of benzene rings is 1. The Morgan fingerprint density at radius 1 is 0.872 bits per heavy atom. The molecule has 0 aromatic heterocycles. The van der Waals surface area contributed by atoms with Gasteiger partial charge in [-0.2, -0.15) is 39.5 Å². The van der Waals surface area contributed by atoms with E-state index in [0.29, 0.717) is 19.5 Å². The first-order valence-corrected chi connectivity index (χ1v) is 16.4. The van der Waals surface area contributed by atoms with Crippen LogP contribution in [-0.2, 0) is 0 Å². The van der Waals surface area contributed by atoms with Crippen molar-refractivity contribution in [3.05, 3.63) is 41.5 Å². The summed E-state index contributed by atoms with van der Waals surface area (Å²) >= 11 is 0. The number of rotatable bonds is 14. The number of halogens is 9. The van der Waals surface area contributed by atoms with E-state index in [1.807, 2.05) is 11.0 Å². The molecule has 4 nitrogen and oxygen atoms in total. The van der Waals surface area contributed by atoms with Crippen molar-refractivity contribution in [3.8, 4) is 5.75 Å². The Balaban J connectivity index is 1.24. The number of aliphatic hydroxyl groups is 2. The van der Waals surface area contributed by atoms with E-state index in [4.69, 9.17) is 0 Å². The maximum absolute atomic E-state index is 13.7. The van der Waals surface area contributed by atoms with E-state index in [0.717, 1.165) is 55.2 Å². The fraction of sp³-hybridized carbons (Fsp3) is 0.765. The SMILES string of the molecule is C=C1[C@H](O)C[C@H]2[C@@H]3[C@H](CCCCCN(C)CCCCCC(F)(F)C(F)(F)C(F)(F)C(F)(F)F)[C@H](O)c4cc(O)ccc4[C@H]3CC[C@]12C. The number of fused-ring (bicyclic) bond motifs is 5. The lowest BCUT2D eigenvalue weighted by Gasteiger charge is -2.53. The topological polar surface area (TPSA) is 63.9 Å². The van der Waals surface area contributed by atoms with Gasteiger partial charge in [-0.15, -0.1) is 0 Å². The van der Waals surface area contributed by atoms with Crippen LogP contribution in [0, 0.1) is 23.2 Å². The van der Waals surface area contributed by atoms with Crippen molar-refractivity contribution < 1.29 is 54.8 Å². The number of hydrogen-bond donors (Lipinski definition) is 3. The smallest absolute Gasteiger partial charge is 0.460 e. The lowest BCUT2D eigenvalue weighted by atomic mass is 9.51. The van der Waals surface area contributed by atoms with Crippen LogP contribution in [0.1, 0.15) is 101 Å². The summed E-state index contributed by atoms with van der Waals surface area (Å²) in [6.45, 7) is 7.43. The third-order valence-electron chi connectivity index (χ3n) is 11.3. The molecule has 0 aliphatic heterocycles. The van der Waals surface area contributed by atoms with Gasteiger partial charge in [0.15, 0.2) is 0 Å². The van der Waals surface area contributed by atoms with Crippen LogP contribution in [0.4, 0.5) is 39.5 Å². The molecule has 1 aromatic carbocycles. The average Bonchev–Trinajstić information content (AvgIpc) is 3.21. The van der Waals surface area contributed by atoms with Gasteiger partial charge < -0.3 is 20.2 Å². The van der Waals surface area contributed by atoms with Gasteiger partial charge in [-0.3, -0.25) is 0 Å². The molecule has 0 heterocycles. The van der Waals surface area contributed by atoms with Crippen LogP contribution in [0.5, 0.6) is 5.75 Å². The maximum Gasteiger partial charge on any atom is 0.460 e. The molecule has 0 radical (unpaired) electrons. The quantitative estimate of drug-likeness (QED) is 0.104. The van der Waals surface area contributed by atoms with Crippen LogP contribution >= 0.6 is 0 Å². The molecular formula is C34H46F9NO3. The van der Waals surface area contributed by atoms with Crippen molar-refractivity contribution >= 4 is 0 Å². The number of unbranched alkanes of at least 4 members (excludes halogenated alkanes) is 4. The molecule has 7 atom stereocenters. The van der Waals surface area contributed by atoms with E-state index in [-0.39, 0.29) is 47.7 Å². The van der Waals surface area contributed by atoms with Gasteiger partial charge in [0, 0.05) is 6.42 Å². The van der Waals surface area contributed by atoms with Gasteiger partial charge in [0.2, 0.25) is 0 Å². The summed E-state index contributed by atoms with van der Waals surface area (Å²) in [4.78, 5) is 1.91. The molecule has 3 aliphatic carbocycles. The van der Waals surface area contributed by atoms with E-state index >= 15 is 0 Å². The largest absolute Gasteiger partial charge is 0.508 e. The number of aliphatic hydroxyl groups excluding tert-OH is 2. The number of phenolic OH excluding ortho intramolecular Hbond substituents is 1. The molecular weight excluding hydrogens is 641 g/mol. The second-order valence-electron chi connectivity index (χ2n) is 14.3. The standard InChI is InChI=1S/C34H46F9NO3/c1-20-27(46)19-26-28-23(13-15-30(20,26)2)22-12-11-21(45)18-25(22)29(47)24(28)10-6-4-8-16-44(3)17-9-5-7-14-31(35,36)32(37,38)33(39,40)34(41,42)43/h11-12,18,23-24,26-29,45-47H,1,4-10,13-17,19H2,2-3H3/t23-,24+,26+,27-,28+,29+,30-/m1/s1. The molecule has 0 saturated heterocycles. The minimum atomic E-state index is -6.85. The molecule has 3 aliphatic rings. The molecule has 0 unspecified atom stereocenters. The van der Waals surface area contributed by atoms with E-state index in [2.05, 4.69) is 13.5 Å². The normalized spacial score (nSPS) is 30.0. The zero-order chi connectivity index (χ0) is 35.2. The molecule has 0 spiro atoms. The van der Waals surface area contributed by atoms with Crippen molar-refractivity contribution in [2.24, 2.45) is 23.2 Å². The molecule has 1 aromatic rings. The Morgan fingerprint density at radius 3 is 2.11 bits per heavy atom. The lowest BCUT2D eigenvalue weighted by Crippen LogP contribution is -2.60. The van der Waals surface area contributed by atoms with Crippen LogP contribution in [0.25, 0.3) is 0 Å². The second-order valence-corrected chi connectivity index (χ2v) is 14.3. The summed E-state index contributed by atoms with van der Waals surface area (Å²) in [7, 11) is 1.78. The van der Waals surface area contributed by atoms with Gasteiger partial charge in [-0.05, 0) is 123 Å². The summed E-state index contributed by atoms with van der Waals surface area (Å²) in [5, 5.41) is 32.5. The third-order valence-corrected chi connectivity index (χ3v) is 11.3. The van der Waals surface area contributed by atoms with Gasteiger partial charge in [-0.1, -0.05) is 38.8 Å². The Hall–Kier alpha value is -1.99. The second kappa shape index (κ2) is 13.7. The summed E-state index contributed by atoms with van der Waals surface area (Å²) in [6.07, 6.45) is -4.79. The number of nitrogens with zero attached hydrogens (tertiary/aromatic N) is 1. The summed E-state index contributed by atoms with van der Waals surface area (Å²) in [5.41, 5.74) is 2.47. The van der Waals surface area contributed by atoms with Crippen LogP contribution in [0.3, 0.4) is 0 Å². The van der Waals surface area contributed by atoms with Crippen molar-refractivity contribution in [2.45, 2.75) is 120 Å². The maximum atomic E-state index is 13.7. The molecule has 13 heteroatoms. The minimum Gasteiger partial charge on any atom is -0.508 e. The average molecular weight is 688 g/mol. The Morgan fingerprint density at radius 2 is 1.49 bits per heavy atom. The Kier molecular flexibility index (Phi) is 11.0. The van der Waals surface area contributed by atoms with Crippen LogP contribution in [0.15, 0.2) is 30.4 Å². The van der Waals surface area contributed by atoms with Crippen molar-refractivity contribution in [1.29, 1.82) is 0 Å². The Bertz CT molecular complexity index is 1260. The summed E-state index contributed by atoms with van der Waals surface area (Å²) < 4.78 is 117. The highest BCUT2D eigenvalue weighted by molar-refractivity contribution is 5.43. The fourth-order valence-electron chi connectivity index (χ4n) is 8.55. The molecule has 47 heavy (non-hydrogen) atoms. The highest BCUT2D eigenvalue weighted by Crippen LogP contribution is 2.65.